The molecular formula is C27H21NO5. The summed E-state index contributed by atoms with van der Waals surface area (Å²) < 4.78 is 5.24. The lowest BCUT2D eigenvalue weighted by atomic mass is 9.82. The van der Waals surface area contributed by atoms with Crippen molar-refractivity contribution in [3.63, 3.8) is 0 Å². The van der Waals surface area contributed by atoms with Gasteiger partial charge in [-0.25, -0.2) is 4.79 Å². The number of hydrogen-bond acceptors (Lipinski definition) is 5. The highest BCUT2D eigenvalue weighted by Crippen LogP contribution is 2.31. The molecule has 0 saturated heterocycles. The van der Waals surface area contributed by atoms with Crippen LogP contribution >= 0.6 is 0 Å². The van der Waals surface area contributed by atoms with E-state index in [0.717, 1.165) is 24.8 Å². The fourth-order valence-corrected chi connectivity index (χ4v) is 4.66. The van der Waals surface area contributed by atoms with Crippen molar-refractivity contribution >= 4 is 23.4 Å². The van der Waals surface area contributed by atoms with Crippen LogP contribution in [0.4, 0.5) is 0 Å². The number of ketones is 2. The van der Waals surface area contributed by atoms with Crippen LogP contribution in [-0.2, 0) is 16.0 Å². The summed E-state index contributed by atoms with van der Waals surface area (Å²) in [4.78, 5) is 51.2. The van der Waals surface area contributed by atoms with Crippen LogP contribution < -0.4 is 5.32 Å². The molecule has 6 nitrogen and oxygen atoms in total. The molecular weight excluding hydrogens is 418 g/mol. The molecule has 1 amide bonds. The van der Waals surface area contributed by atoms with Gasteiger partial charge in [-0.3, -0.25) is 14.4 Å². The maximum atomic E-state index is 13.1. The number of ether oxygens (including phenoxy) is 1. The van der Waals surface area contributed by atoms with E-state index in [0.29, 0.717) is 5.56 Å². The number of hydrogen-bond donors (Lipinski definition) is 1. The van der Waals surface area contributed by atoms with Crippen molar-refractivity contribution in [2.45, 2.75) is 25.3 Å². The summed E-state index contributed by atoms with van der Waals surface area (Å²) in [7, 11) is 0. The zero-order valence-electron chi connectivity index (χ0n) is 17.8. The Bertz CT molecular complexity index is 1310. The van der Waals surface area contributed by atoms with E-state index in [4.69, 9.17) is 4.74 Å². The molecule has 0 aliphatic heterocycles. The largest absolute Gasteiger partial charge is 0.452 e. The number of aryl methyl sites for hydroxylation is 1. The van der Waals surface area contributed by atoms with E-state index in [2.05, 4.69) is 11.4 Å². The Morgan fingerprint density at radius 1 is 0.848 bits per heavy atom. The quantitative estimate of drug-likeness (QED) is 0.489. The predicted octanol–water partition coefficient (Wildman–Crippen LogP) is 3.81. The lowest BCUT2D eigenvalue weighted by Crippen LogP contribution is -2.34. The van der Waals surface area contributed by atoms with Gasteiger partial charge in [0.1, 0.15) is 0 Å². The number of esters is 1. The minimum Gasteiger partial charge on any atom is -0.452 e. The first-order valence-corrected chi connectivity index (χ1v) is 10.9. The molecule has 0 spiro atoms. The molecule has 0 fully saturated rings. The highest BCUT2D eigenvalue weighted by Gasteiger charge is 2.33. The summed E-state index contributed by atoms with van der Waals surface area (Å²) in [5, 5.41) is 2.94. The number of carbonyl (C=O) groups is 4. The van der Waals surface area contributed by atoms with Gasteiger partial charge in [0.2, 0.25) is 0 Å². The van der Waals surface area contributed by atoms with Gasteiger partial charge in [0.25, 0.3) is 5.91 Å². The van der Waals surface area contributed by atoms with E-state index < -0.39 is 24.3 Å². The Morgan fingerprint density at radius 3 is 2.36 bits per heavy atom. The zero-order chi connectivity index (χ0) is 22.9. The van der Waals surface area contributed by atoms with Crippen LogP contribution in [0, 0.1) is 0 Å². The van der Waals surface area contributed by atoms with Gasteiger partial charge in [-0.1, -0.05) is 60.7 Å². The van der Waals surface area contributed by atoms with Crippen LogP contribution in [0.5, 0.6) is 0 Å². The Kier molecular flexibility index (Phi) is 5.34. The van der Waals surface area contributed by atoms with Crippen molar-refractivity contribution in [1.82, 2.24) is 5.32 Å². The normalized spacial score (nSPS) is 16.3. The van der Waals surface area contributed by atoms with Crippen molar-refractivity contribution in [3.8, 4) is 0 Å². The summed E-state index contributed by atoms with van der Waals surface area (Å²) in [5.41, 5.74) is 3.03. The van der Waals surface area contributed by atoms with Crippen LogP contribution in [0.3, 0.4) is 0 Å². The van der Waals surface area contributed by atoms with Crippen molar-refractivity contribution < 1.29 is 23.9 Å². The molecule has 0 aromatic heterocycles. The van der Waals surface area contributed by atoms with Gasteiger partial charge in [0.15, 0.2) is 18.2 Å². The van der Waals surface area contributed by atoms with E-state index in [1.807, 2.05) is 18.2 Å². The highest BCUT2D eigenvalue weighted by atomic mass is 16.5. The Hall–Kier alpha value is -4.06. The highest BCUT2D eigenvalue weighted by molar-refractivity contribution is 6.30. The Morgan fingerprint density at radius 2 is 1.55 bits per heavy atom. The van der Waals surface area contributed by atoms with Crippen LogP contribution in [0.25, 0.3) is 0 Å². The number of fused-ring (bicyclic) bond motifs is 3. The van der Waals surface area contributed by atoms with Crippen molar-refractivity contribution in [3.05, 3.63) is 106 Å². The summed E-state index contributed by atoms with van der Waals surface area (Å²) in [6, 6.07) is 18.9. The topological polar surface area (TPSA) is 89.5 Å². The van der Waals surface area contributed by atoms with Gasteiger partial charge < -0.3 is 10.1 Å². The Labute approximate surface area is 190 Å². The summed E-state index contributed by atoms with van der Waals surface area (Å²) in [6.45, 7) is -0.472. The third kappa shape index (κ3) is 3.74. The maximum Gasteiger partial charge on any atom is 0.339 e. The van der Waals surface area contributed by atoms with E-state index in [1.165, 1.54) is 23.8 Å². The molecule has 0 unspecified atom stereocenters. The van der Waals surface area contributed by atoms with Gasteiger partial charge in [0.05, 0.1) is 11.6 Å². The lowest BCUT2D eigenvalue weighted by molar-refractivity contribution is -0.125. The minimum absolute atomic E-state index is 0.0174. The Balaban J connectivity index is 1.31. The number of benzene rings is 3. The number of carbonyl (C=O) groups excluding carboxylic acids is 4. The smallest absolute Gasteiger partial charge is 0.339 e. The molecule has 2 aliphatic rings. The standard InChI is InChI=1S/C27H21NO5/c29-23(28-22-14-5-8-16-7-1-2-9-17(16)22)15-33-27(32)21-13-6-12-20-24(21)26(31)19-11-4-3-10-18(19)25(20)30/h1-4,6-7,9-13,22H,5,8,14-15H2,(H,28,29)/t22-/m0/s1. The second kappa shape index (κ2) is 8.47. The molecule has 0 bridgehead atoms. The second-order valence-electron chi connectivity index (χ2n) is 8.22. The number of amides is 1. The average Bonchev–Trinajstić information content (AvgIpc) is 2.85. The predicted molar refractivity (Wildman–Crippen MR) is 120 cm³/mol. The minimum atomic E-state index is -0.813. The molecule has 33 heavy (non-hydrogen) atoms. The molecule has 3 aromatic carbocycles. The molecule has 0 heterocycles. The third-order valence-electron chi connectivity index (χ3n) is 6.21. The molecule has 0 radical (unpaired) electrons. The first-order valence-electron chi connectivity index (χ1n) is 10.9. The summed E-state index contributed by atoms with van der Waals surface area (Å²) in [6.07, 6.45) is 2.76. The molecule has 1 atom stereocenters. The first kappa shape index (κ1) is 20.8. The van der Waals surface area contributed by atoms with Crippen LogP contribution in [0.15, 0.2) is 66.7 Å². The lowest BCUT2D eigenvalue weighted by Gasteiger charge is -2.26. The van der Waals surface area contributed by atoms with Crippen molar-refractivity contribution in [2.75, 3.05) is 6.61 Å². The summed E-state index contributed by atoms with van der Waals surface area (Å²) in [5.74, 6) is -1.95. The van der Waals surface area contributed by atoms with E-state index in [-0.39, 0.29) is 34.1 Å². The first-order chi connectivity index (χ1) is 16.0. The average molecular weight is 439 g/mol. The SMILES string of the molecule is O=C(COC(=O)c1cccc2c1C(=O)c1ccccc1C2=O)N[C@H]1CCCc2ccccc21. The van der Waals surface area contributed by atoms with Gasteiger partial charge in [-0.05, 0) is 36.5 Å². The molecule has 0 saturated carbocycles. The second-order valence-corrected chi connectivity index (χ2v) is 8.22. The van der Waals surface area contributed by atoms with Gasteiger partial charge in [-0.2, -0.15) is 0 Å². The maximum absolute atomic E-state index is 13.1. The van der Waals surface area contributed by atoms with Crippen molar-refractivity contribution in [2.24, 2.45) is 0 Å². The van der Waals surface area contributed by atoms with E-state index in [1.54, 1.807) is 24.3 Å². The van der Waals surface area contributed by atoms with E-state index >= 15 is 0 Å². The number of nitrogens with one attached hydrogen (secondary N) is 1. The van der Waals surface area contributed by atoms with Gasteiger partial charge in [-0.15, -0.1) is 0 Å². The summed E-state index contributed by atoms with van der Waals surface area (Å²) >= 11 is 0. The van der Waals surface area contributed by atoms with Gasteiger partial charge in [0, 0.05) is 22.3 Å². The van der Waals surface area contributed by atoms with E-state index in [9.17, 15) is 19.2 Å². The van der Waals surface area contributed by atoms with Crippen LogP contribution in [-0.4, -0.2) is 30.0 Å². The monoisotopic (exact) mass is 439 g/mol. The van der Waals surface area contributed by atoms with Crippen molar-refractivity contribution in [1.29, 1.82) is 0 Å². The van der Waals surface area contributed by atoms with Gasteiger partial charge >= 0.3 is 5.97 Å². The zero-order valence-corrected chi connectivity index (χ0v) is 17.8. The molecule has 1 N–H and O–H groups in total. The molecule has 2 aliphatic carbocycles. The fraction of sp³-hybridized carbons (Fsp3) is 0.185. The molecule has 164 valence electrons. The van der Waals surface area contributed by atoms with Crippen LogP contribution in [0.2, 0.25) is 0 Å². The molecule has 5 rings (SSSR count). The number of rotatable bonds is 4. The molecule has 3 aromatic rings. The van der Waals surface area contributed by atoms with Crippen LogP contribution in [0.1, 0.15) is 72.2 Å². The third-order valence-corrected chi connectivity index (χ3v) is 6.21. The fourth-order valence-electron chi connectivity index (χ4n) is 4.66. The molecule has 6 heteroatoms.